The number of carbonyl (C=O) groups is 1. The molecule has 4 aromatic rings. The van der Waals surface area contributed by atoms with Crippen molar-refractivity contribution in [1.82, 2.24) is 24.8 Å². The topological polar surface area (TPSA) is 130 Å². The molecule has 4 rings (SSSR count). The van der Waals surface area contributed by atoms with Crippen molar-refractivity contribution in [3.05, 3.63) is 77.4 Å². The van der Waals surface area contributed by atoms with Crippen LogP contribution in [0, 0.1) is 22.7 Å². The minimum atomic E-state index is -4.98. The van der Waals surface area contributed by atoms with Gasteiger partial charge in [-0.15, -0.1) is 13.2 Å². The van der Waals surface area contributed by atoms with E-state index in [-0.39, 0.29) is 11.1 Å². The zero-order valence-electron chi connectivity index (χ0n) is 20.4. The molecule has 192 valence electrons. The van der Waals surface area contributed by atoms with Crippen LogP contribution in [0.25, 0.3) is 17.0 Å². The van der Waals surface area contributed by atoms with Crippen LogP contribution in [-0.2, 0) is 5.41 Å². The fraction of sp³-hybridized carbons (Fsp3) is 0.231. The van der Waals surface area contributed by atoms with Gasteiger partial charge in [-0.2, -0.15) is 10.5 Å². The molecule has 0 aliphatic heterocycles. The maximum Gasteiger partial charge on any atom is 0.573 e. The van der Waals surface area contributed by atoms with E-state index < -0.39 is 29.5 Å². The Balaban J connectivity index is 1.73. The lowest BCUT2D eigenvalue weighted by atomic mass is 9.85. The van der Waals surface area contributed by atoms with Crippen LogP contribution >= 0.6 is 0 Å². The number of nitrogens with one attached hydrogen (secondary N) is 1. The normalized spacial score (nSPS) is 12.4. The van der Waals surface area contributed by atoms with Gasteiger partial charge < -0.3 is 10.1 Å². The number of benzene rings is 1. The Bertz CT molecular complexity index is 1600. The molecule has 1 amide bonds. The first-order chi connectivity index (χ1) is 17.9. The molecule has 0 fully saturated rings. The number of pyridine rings is 2. The highest BCUT2D eigenvalue weighted by molar-refractivity contribution is 5.95. The van der Waals surface area contributed by atoms with Crippen molar-refractivity contribution in [2.24, 2.45) is 0 Å². The molecule has 0 unspecified atom stereocenters. The van der Waals surface area contributed by atoms with Crippen molar-refractivity contribution in [1.29, 1.82) is 10.5 Å². The summed E-state index contributed by atoms with van der Waals surface area (Å²) >= 11 is 0. The Kier molecular flexibility index (Phi) is 6.75. The van der Waals surface area contributed by atoms with Gasteiger partial charge in [-0.05, 0) is 68.8 Å². The van der Waals surface area contributed by atoms with Gasteiger partial charge in [0.2, 0.25) is 0 Å². The zero-order chi connectivity index (χ0) is 27.7. The molecule has 3 aromatic heterocycles. The Morgan fingerprint density at radius 1 is 1.13 bits per heavy atom. The molecule has 38 heavy (non-hydrogen) atoms. The Morgan fingerprint density at radius 3 is 2.53 bits per heavy atom. The first-order valence-corrected chi connectivity index (χ1v) is 11.2. The van der Waals surface area contributed by atoms with E-state index in [1.165, 1.54) is 26.1 Å². The number of alkyl halides is 3. The monoisotopic (exact) mass is 519 g/mol. The number of hydrogen-bond donors (Lipinski definition) is 1. The maximum absolute atomic E-state index is 13.2. The van der Waals surface area contributed by atoms with Crippen molar-refractivity contribution >= 4 is 17.1 Å². The molecule has 1 N–H and O–H groups in total. The first kappa shape index (κ1) is 26.1. The fourth-order valence-corrected chi connectivity index (χ4v) is 3.72. The highest BCUT2D eigenvalue weighted by atomic mass is 19.4. The molecule has 0 saturated carbocycles. The number of amides is 1. The summed E-state index contributed by atoms with van der Waals surface area (Å²) in [6.07, 6.45) is -2.02. The number of aromatic nitrogens is 4. The molecule has 1 atom stereocenters. The molecule has 9 nitrogen and oxygen atoms in total. The van der Waals surface area contributed by atoms with Crippen molar-refractivity contribution in [3.8, 4) is 23.7 Å². The predicted molar refractivity (Wildman–Crippen MR) is 129 cm³/mol. The number of rotatable bonds is 6. The molecule has 0 bridgehead atoms. The van der Waals surface area contributed by atoms with Gasteiger partial charge in [0, 0.05) is 18.0 Å². The van der Waals surface area contributed by atoms with Crippen molar-refractivity contribution in [2.45, 2.75) is 38.6 Å². The number of fused-ring (bicyclic) bond motifs is 1. The number of ether oxygens (including phenoxy) is 1. The first-order valence-electron chi connectivity index (χ1n) is 11.2. The van der Waals surface area contributed by atoms with Gasteiger partial charge in [-0.25, -0.2) is 15.0 Å². The van der Waals surface area contributed by atoms with Crippen LogP contribution in [-0.4, -0.2) is 31.8 Å². The minimum absolute atomic E-state index is 0.130. The quantitative estimate of drug-likeness (QED) is 0.384. The summed E-state index contributed by atoms with van der Waals surface area (Å²) in [5.74, 6) is -0.571. The van der Waals surface area contributed by atoms with Gasteiger partial charge in [-0.1, -0.05) is 0 Å². The summed E-state index contributed by atoms with van der Waals surface area (Å²) < 4.78 is 44.5. The van der Waals surface area contributed by atoms with Gasteiger partial charge >= 0.3 is 6.36 Å². The van der Waals surface area contributed by atoms with Crippen molar-refractivity contribution in [3.63, 3.8) is 0 Å². The smallest absolute Gasteiger partial charge is 0.406 e. The third-order valence-corrected chi connectivity index (χ3v) is 5.69. The van der Waals surface area contributed by atoms with E-state index in [1.54, 1.807) is 42.0 Å². The van der Waals surface area contributed by atoms with Crippen LogP contribution in [0.3, 0.4) is 0 Å². The molecule has 0 aliphatic carbocycles. The number of hydrogen-bond acceptors (Lipinski definition) is 7. The van der Waals surface area contributed by atoms with E-state index in [0.717, 1.165) is 12.1 Å². The molecule has 12 heteroatoms. The Labute approximate surface area is 215 Å². The Hall–Kier alpha value is -4.97. The number of carbonyl (C=O) groups excluding carboxylic acids is 1. The standard InChI is InChI=1S/C26H20F3N7O2/c1-15(22-35-20-5-4-8-32-23(20)36(22)21-7-6-16(12-30)13-33-21)34-24(37)17-9-18(25(2,3)14-31)11-19(10-17)38-26(27,28)29/h4-11,13,15H,1-3H3,(H,34,37)/t15-/m0/s1. The number of nitriles is 2. The van der Waals surface area contributed by atoms with E-state index in [9.17, 15) is 23.2 Å². The largest absolute Gasteiger partial charge is 0.573 e. The van der Waals surface area contributed by atoms with Gasteiger partial charge in [0.05, 0.1) is 23.1 Å². The summed E-state index contributed by atoms with van der Waals surface area (Å²) in [7, 11) is 0. The lowest BCUT2D eigenvalue weighted by Crippen LogP contribution is -2.29. The molecular formula is C26H20F3N7O2. The molecule has 0 radical (unpaired) electrons. The van der Waals surface area contributed by atoms with Crippen LogP contribution < -0.4 is 10.1 Å². The van der Waals surface area contributed by atoms with Gasteiger partial charge in [-0.3, -0.25) is 9.36 Å². The molecule has 3 heterocycles. The summed E-state index contributed by atoms with van der Waals surface area (Å²) in [6.45, 7) is 4.68. The number of imidazole rings is 1. The second-order valence-electron chi connectivity index (χ2n) is 8.89. The van der Waals surface area contributed by atoms with E-state index in [0.29, 0.717) is 28.4 Å². The highest BCUT2D eigenvalue weighted by Crippen LogP contribution is 2.31. The number of nitrogens with zero attached hydrogens (tertiary/aromatic N) is 6. The van der Waals surface area contributed by atoms with Crippen LogP contribution in [0.2, 0.25) is 0 Å². The highest BCUT2D eigenvalue weighted by Gasteiger charge is 2.33. The second kappa shape index (κ2) is 9.82. The summed E-state index contributed by atoms with van der Waals surface area (Å²) in [5.41, 5.74) is 0.192. The van der Waals surface area contributed by atoms with Gasteiger partial charge in [0.1, 0.15) is 29.0 Å². The fourth-order valence-electron chi connectivity index (χ4n) is 3.72. The van der Waals surface area contributed by atoms with Crippen LogP contribution in [0.5, 0.6) is 5.75 Å². The summed E-state index contributed by atoms with van der Waals surface area (Å²) in [5, 5.41) is 21.3. The van der Waals surface area contributed by atoms with Gasteiger partial charge in [0.15, 0.2) is 5.65 Å². The maximum atomic E-state index is 13.2. The molecular weight excluding hydrogens is 499 g/mol. The lowest BCUT2D eigenvalue weighted by Gasteiger charge is -2.20. The Morgan fingerprint density at radius 2 is 1.89 bits per heavy atom. The van der Waals surface area contributed by atoms with E-state index in [1.807, 2.05) is 12.1 Å². The zero-order valence-corrected chi connectivity index (χ0v) is 20.4. The molecule has 0 saturated heterocycles. The minimum Gasteiger partial charge on any atom is -0.406 e. The molecule has 0 aliphatic rings. The van der Waals surface area contributed by atoms with Crippen LogP contribution in [0.15, 0.2) is 54.9 Å². The van der Waals surface area contributed by atoms with Crippen molar-refractivity contribution < 1.29 is 22.7 Å². The predicted octanol–water partition coefficient (Wildman–Crippen LogP) is 4.88. The average Bonchev–Trinajstić information content (AvgIpc) is 3.27. The second-order valence-corrected chi connectivity index (χ2v) is 8.89. The third kappa shape index (κ3) is 5.39. The molecule has 1 aromatic carbocycles. The number of halogens is 3. The molecule has 0 spiro atoms. The van der Waals surface area contributed by atoms with E-state index in [2.05, 4.69) is 25.0 Å². The van der Waals surface area contributed by atoms with Crippen LogP contribution in [0.1, 0.15) is 54.1 Å². The lowest BCUT2D eigenvalue weighted by molar-refractivity contribution is -0.274. The van der Waals surface area contributed by atoms with Gasteiger partial charge in [0.25, 0.3) is 5.91 Å². The summed E-state index contributed by atoms with van der Waals surface area (Å²) in [4.78, 5) is 26.5. The SMILES string of the molecule is C[C@H](NC(=O)c1cc(OC(F)(F)F)cc(C(C)(C)C#N)c1)c1nc2cccnc2n1-c1ccc(C#N)cn1. The van der Waals surface area contributed by atoms with E-state index in [4.69, 9.17) is 5.26 Å². The van der Waals surface area contributed by atoms with Crippen LogP contribution in [0.4, 0.5) is 13.2 Å². The third-order valence-electron chi connectivity index (χ3n) is 5.69. The van der Waals surface area contributed by atoms with E-state index >= 15 is 0 Å². The summed E-state index contributed by atoms with van der Waals surface area (Å²) in [6, 6.07) is 13.3. The van der Waals surface area contributed by atoms with Crippen molar-refractivity contribution in [2.75, 3.05) is 0 Å². The average molecular weight is 519 g/mol.